The highest BCUT2D eigenvalue weighted by Crippen LogP contribution is 2.16. The lowest BCUT2D eigenvalue weighted by molar-refractivity contribution is -0.138. The van der Waals surface area contributed by atoms with Gasteiger partial charge < -0.3 is 9.84 Å². The number of aliphatic hydroxyl groups excluding tert-OH is 1. The summed E-state index contributed by atoms with van der Waals surface area (Å²) in [6.07, 6.45) is 20.3. The second-order valence-corrected chi connectivity index (χ2v) is 7.50. The molecule has 1 atom stereocenters. The lowest BCUT2D eigenvalue weighted by Crippen LogP contribution is -2.10. The highest BCUT2D eigenvalue weighted by molar-refractivity contribution is 5.88. The average molecular weight is 369 g/mol. The van der Waals surface area contributed by atoms with E-state index in [0.717, 1.165) is 12.8 Å². The smallest absolute Gasteiger partial charge is 0.333 e. The first-order chi connectivity index (χ1) is 12.6. The number of rotatable bonds is 18. The third kappa shape index (κ3) is 16.6. The Morgan fingerprint density at radius 1 is 0.808 bits per heavy atom. The molecule has 0 fully saturated rings. The molecule has 0 radical (unpaired) electrons. The first-order valence-corrected chi connectivity index (χ1v) is 11.2. The Bertz CT molecular complexity index is 347. The summed E-state index contributed by atoms with van der Waals surface area (Å²) in [6, 6.07) is 0. The largest absolute Gasteiger partial charge is 0.463 e. The summed E-state index contributed by atoms with van der Waals surface area (Å²) in [5, 5.41) is 9.47. The monoisotopic (exact) mass is 368 g/mol. The molecule has 0 aliphatic heterocycles. The SMILES string of the molecule is CCCCCCCCCCCCCCCC/C(=C\[C@H](C)O)C(=O)OCC. The van der Waals surface area contributed by atoms with Crippen molar-refractivity contribution in [2.45, 2.75) is 123 Å². The van der Waals surface area contributed by atoms with Gasteiger partial charge in [0, 0.05) is 5.57 Å². The summed E-state index contributed by atoms with van der Waals surface area (Å²) in [4.78, 5) is 11.8. The first-order valence-electron chi connectivity index (χ1n) is 11.2. The van der Waals surface area contributed by atoms with Gasteiger partial charge in [-0.15, -0.1) is 0 Å². The molecule has 26 heavy (non-hydrogen) atoms. The van der Waals surface area contributed by atoms with Crippen LogP contribution in [0.4, 0.5) is 0 Å². The minimum Gasteiger partial charge on any atom is -0.463 e. The molecule has 154 valence electrons. The van der Waals surface area contributed by atoms with Crippen LogP contribution in [0.15, 0.2) is 11.6 Å². The fourth-order valence-corrected chi connectivity index (χ4v) is 3.28. The Hall–Kier alpha value is -0.830. The molecule has 0 rings (SSSR count). The van der Waals surface area contributed by atoms with Gasteiger partial charge in [0.05, 0.1) is 12.7 Å². The third-order valence-corrected chi connectivity index (χ3v) is 4.78. The van der Waals surface area contributed by atoms with Crippen molar-refractivity contribution in [2.24, 2.45) is 0 Å². The van der Waals surface area contributed by atoms with Crippen molar-refractivity contribution < 1.29 is 14.6 Å². The van der Waals surface area contributed by atoms with Gasteiger partial charge in [0.1, 0.15) is 0 Å². The normalized spacial score (nSPS) is 13.0. The van der Waals surface area contributed by atoms with Gasteiger partial charge in [-0.1, -0.05) is 90.4 Å². The Kier molecular flexibility index (Phi) is 18.3. The molecule has 0 unspecified atom stereocenters. The van der Waals surface area contributed by atoms with Gasteiger partial charge in [0.25, 0.3) is 0 Å². The van der Waals surface area contributed by atoms with Gasteiger partial charge in [-0.2, -0.15) is 0 Å². The predicted octanol–water partition coefficient (Wildman–Crippen LogP) is 6.73. The second-order valence-electron chi connectivity index (χ2n) is 7.50. The molecule has 0 amide bonds. The molecule has 3 heteroatoms. The van der Waals surface area contributed by atoms with E-state index >= 15 is 0 Å². The summed E-state index contributed by atoms with van der Waals surface area (Å²) in [5.74, 6) is -0.275. The van der Waals surface area contributed by atoms with E-state index in [1.807, 2.05) is 6.92 Å². The van der Waals surface area contributed by atoms with Crippen molar-refractivity contribution in [1.82, 2.24) is 0 Å². The van der Waals surface area contributed by atoms with E-state index in [9.17, 15) is 9.90 Å². The maximum atomic E-state index is 11.8. The molecule has 1 N–H and O–H groups in total. The van der Waals surface area contributed by atoms with Crippen LogP contribution in [-0.2, 0) is 9.53 Å². The van der Waals surface area contributed by atoms with E-state index in [-0.39, 0.29) is 5.97 Å². The van der Waals surface area contributed by atoms with E-state index in [0.29, 0.717) is 18.6 Å². The number of unbranched alkanes of at least 4 members (excludes halogenated alkanes) is 13. The molecular weight excluding hydrogens is 324 g/mol. The number of carbonyl (C=O) groups excluding carboxylic acids is 1. The maximum absolute atomic E-state index is 11.8. The van der Waals surface area contributed by atoms with Crippen LogP contribution in [0, 0.1) is 0 Å². The minimum absolute atomic E-state index is 0.275. The van der Waals surface area contributed by atoms with Crippen LogP contribution in [0.2, 0.25) is 0 Å². The van der Waals surface area contributed by atoms with Crippen LogP contribution in [-0.4, -0.2) is 23.8 Å². The van der Waals surface area contributed by atoms with Crippen LogP contribution in [0.3, 0.4) is 0 Å². The van der Waals surface area contributed by atoms with Crippen molar-refractivity contribution in [3.05, 3.63) is 11.6 Å². The van der Waals surface area contributed by atoms with Crippen LogP contribution >= 0.6 is 0 Å². The summed E-state index contributed by atoms with van der Waals surface area (Å²) in [6.45, 7) is 6.13. The van der Waals surface area contributed by atoms with E-state index in [1.165, 1.54) is 77.0 Å². The standard InChI is InChI=1S/C23H44O3/c1-4-6-7-8-9-10-11-12-13-14-15-16-17-18-19-22(20-21(3)24)23(25)26-5-2/h20-21,24H,4-19H2,1-3H3/b22-20+/t21-/m0/s1. The van der Waals surface area contributed by atoms with Crippen molar-refractivity contribution in [2.75, 3.05) is 6.61 Å². The van der Waals surface area contributed by atoms with Gasteiger partial charge in [-0.3, -0.25) is 0 Å². The number of ether oxygens (including phenoxy) is 1. The van der Waals surface area contributed by atoms with Gasteiger partial charge in [0.2, 0.25) is 0 Å². The molecule has 3 nitrogen and oxygen atoms in total. The zero-order valence-corrected chi connectivity index (χ0v) is 17.7. The summed E-state index contributed by atoms with van der Waals surface area (Å²) in [5.41, 5.74) is 0.626. The summed E-state index contributed by atoms with van der Waals surface area (Å²) < 4.78 is 5.06. The van der Waals surface area contributed by atoms with Crippen LogP contribution in [0.5, 0.6) is 0 Å². The molecule has 0 aliphatic carbocycles. The molecule has 0 saturated heterocycles. The molecule has 0 aromatic heterocycles. The highest BCUT2D eigenvalue weighted by Gasteiger charge is 2.11. The predicted molar refractivity (Wildman–Crippen MR) is 111 cm³/mol. The van der Waals surface area contributed by atoms with Crippen LogP contribution < -0.4 is 0 Å². The van der Waals surface area contributed by atoms with Crippen LogP contribution in [0.1, 0.15) is 117 Å². The van der Waals surface area contributed by atoms with Gasteiger partial charge >= 0.3 is 5.97 Å². The lowest BCUT2D eigenvalue weighted by atomic mass is 10.0. The van der Waals surface area contributed by atoms with E-state index in [4.69, 9.17) is 4.74 Å². The fourth-order valence-electron chi connectivity index (χ4n) is 3.28. The number of carbonyl (C=O) groups is 1. The lowest BCUT2D eigenvalue weighted by Gasteiger charge is -2.08. The third-order valence-electron chi connectivity index (χ3n) is 4.78. The molecule has 0 saturated carbocycles. The molecule has 0 heterocycles. The molecule has 0 aromatic rings. The number of hydrogen-bond acceptors (Lipinski definition) is 3. The van der Waals surface area contributed by atoms with Gasteiger partial charge in [-0.05, 0) is 32.8 Å². The summed E-state index contributed by atoms with van der Waals surface area (Å²) >= 11 is 0. The van der Waals surface area contributed by atoms with Gasteiger partial charge in [0.15, 0.2) is 0 Å². The summed E-state index contributed by atoms with van der Waals surface area (Å²) in [7, 11) is 0. The minimum atomic E-state index is -0.596. The Morgan fingerprint density at radius 2 is 1.23 bits per heavy atom. The second kappa shape index (κ2) is 18.9. The van der Waals surface area contributed by atoms with Crippen molar-refractivity contribution in [1.29, 1.82) is 0 Å². The number of aliphatic hydroxyl groups is 1. The quantitative estimate of drug-likeness (QED) is 0.166. The van der Waals surface area contributed by atoms with E-state index in [2.05, 4.69) is 6.92 Å². The van der Waals surface area contributed by atoms with E-state index in [1.54, 1.807) is 13.0 Å². The zero-order valence-electron chi connectivity index (χ0n) is 17.7. The Morgan fingerprint density at radius 3 is 1.62 bits per heavy atom. The fraction of sp³-hybridized carbons (Fsp3) is 0.870. The zero-order chi connectivity index (χ0) is 19.5. The molecule has 0 aliphatic rings. The molecule has 0 spiro atoms. The average Bonchev–Trinajstić information content (AvgIpc) is 2.60. The maximum Gasteiger partial charge on any atom is 0.333 e. The van der Waals surface area contributed by atoms with Crippen LogP contribution in [0.25, 0.3) is 0 Å². The number of hydrogen-bond donors (Lipinski definition) is 1. The molecular formula is C23H44O3. The first kappa shape index (κ1) is 25.2. The molecule has 0 aromatic carbocycles. The molecule has 0 bridgehead atoms. The highest BCUT2D eigenvalue weighted by atomic mass is 16.5. The van der Waals surface area contributed by atoms with E-state index < -0.39 is 6.10 Å². The topological polar surface area (TPSA) is 46.5 Å². The van der Waals surface area contributed by atoms with Gasteiger partial charge in [-0.25, -0.2) is 4.79 Å². The Balaban J connectivity index is 3.52. The van der Waals surface area contributed by atoms with Crippen molar-refractivity contribution >= 4 is 5.97 Å². The Labute approximate surface area is 162 Å². The van der Waals surface area contributed by atoms with Crippen molar-refractivity contribution in [3.8, 4) is 0 Å². The number of esters is 1. The van der Waals surface area contributed by atoms with Crippen molar-refractivity contribution in [3.63, 3.8) is 0 Å².